The first-order valence-electron chi connectivity index (χ1n) is 4.91. The van der Waals surface area contributed by atoms with Crippen LogP contribution in [0.3, 0.4) is 0 Å². The fraction of sp³-hybridized carbons (Fsp3) is 0.250. The number of hydrogen-bond acceptors (Lipinski definition) is 2. The SMILES string of the molecule is N#Cc1ccc(Cl)cc1N1CC=CCC1. The summed E-state index contributed by atoms with van der Waals surface area (Å²) in [6.45, 7) is 1.81. The van der Waals surface area contributed by atoms with Crippen LogP contribution in [0, 0.1) is 11.3 Å². The number of anilines is 1. The maximum atomic E-state index is 9.00. The van der Waals surface area contributed by atoms with Crippen LogP contribution in [-0.4, -0.2) is 13.1 Å². The summed E-state index contributed by atoms with van der Waals surface area (Å²) in [6, 6.07) is 7.58. The van der Waals surface area contributed by atoms with Gasteiger partial charge < -0.3 is 4.90 Å². The highest BCUT2D eigenvalue weighted by molar-refractivity contribution is 6.30. The van der Waals surface area contributed by atoms with Crippen molar-refractivity contribution >= 4 is 17.3 Å². The van der Waals surface area contributed by atoms with E-state index in [9.17, 15) is 0 Å². The van der Waals surface area contributed by atoms with Crippen LogP contribution in [0.1, 0.15) is 12.0 Å². The molecule has 15 heavy (non-hydrogen) atoms. The molecule has 0 N–H and O–H groups in total. The Morgan fingerprint density at radius 2 is 2.20 bits per heavy atom. The number of nitriles is 1. The molecule has 0 bridgehead atoms. The van der Waals surface area contributed by atoms with Crippen LogP contribution in [0.15, 0.2) is 30.4 Å². The van der Waals surface area contributed by atoms with E-state index in [4.69, 9.17) is 16.9 Å². The van der Waals surface area contributed by atoms with Crippen molar-refractivity contribution in [1.82, 2.24) is 0 Å². The fourth-order valence-corrected chi connectivity index (χ4v) is 1.89. The van der Waals surface area contributed by atoms with E-state index in [-0.39, 0.29) is 0 Å². The summed E-state index contributed by atoms with van der Waals surface area (Å²) in [5, 5.41) is 9.68. The smallest absolute Gasteiger partial charge is 0.101 e. The Kier molecular flexibility index (Phi) is 2.94. The van der Waals surface area contributed by atoms with Crippen molar-refractivity contribution in [3.8, 4) is 6.07 Å². The summed E-state index contributed by atoms with van der Waals surface area (Å²) >= 11 is 5.94. The molecule has 0 aromatic heterocycles. The number of benzene rings is 1. The zero-order valence-corrected chi connectivity index (χ0v) is 9.04. The summed E-state index contributed by atoms with van der Waals surface area (Å²) in [5.41, 5.74) is 1.63. The molecule has 2 nitrogen and oxygen atoms in total. The van der Waals surface area contributed by atoms with Crippen molar-refractivity contribution < 1.29 is 0 Å². The second-order valence-corrected chi connectivity index (χ2v) is 3.92. The largest absolute Gasteiger partial charge is 0.366 e. The lowest BCUT2D eigenvalue weighted by Gasteiger charge is -2.26. The minimum absolute atomic E-state index is 0.679. The molecular weight excluding hydrogens is 208 g/mol. The van der Waals surface area contributed by atoms with Crippen LogP contribution >= 0.6 is 11.6 Å². The Labute approximate surface area is 94.4 Å². The monoisotopic (exact) mass is 218 g/mol. The molecule has 1 aliphatic heterocycles. The van der Waals surface area contributed by atoms with Gasteiger partial charge in [0.2, 0.25) is 0 Å². The number of hydrogen-bond donors (Lipinski definition) is 0. The summed E-state index contributed by atoms with van der Waals surface area (Å²) in [5.74, 6) is 0. The van der Waals surface area contributed by atoms with E-state index in [0.29, 0.717) is 10.6 Å². The van der Waals surface area contributed by atoms with Crippen molar-refractivity contribution in [2.45, 2.75) is 6.42 Å². The summed E-state index contributed by atoms with van der Waals surface area (Å²) in [4.78, 5) is 2.17. The van der Waals surface area contributed by atoms with E-state index < -0.39 is 0 Å². The van der Waals surface area contributed by atoms with Gasteiger partial charge >= 0.3 is 0 Å². The second-order valence-electron chi connectivity index (χ2n) is 3.48. The average Bonchev–Trinajstić information content (AvgIpc) is 2.30. The van der Waals surface area contributed by atoms with Crippen molar-refractivity contribution in [1.29, 1.82) is 5.26 Å². The molecule has 1 heterocycles. The average molecular weight is 219 g/mol. The molecule has 3 heteroatoms. The van der Waals surface area contributed by atoms with Gasteiger partial charge in [-0.2, -0.15) is 5.26 Å². The Bertz CT molecular complexity index is 432. The fourth-order valence-electron chi connectivity index (χ4n) is 1.72. The van der Waals surface area contributed by atoms with Gasteiger partial charge in [0.1, 0.15) is 6.07 Å². The van der Waals surface area contributed by atoms with Crippen LogP contribution in [0.4, 0.5) is 5.69 Å². The van der Waals surface area contributed by atoms with E-state index in [0.717, 1.165) is 25.2 Å². The van der Waals surface area contributed by atoms with Crippen LogP contribution in [0.5, 0.6) is 0 Å². The lowest BCUT2D eigenvalue weighted by molar-refractivity contribution is 0.820. The van der Waals surface area contributed by atoms with Gasteiger partial charge in [-0.3, -0.25) is 0 Å². The molecule has 1 aromatic carbocycles. The maximum absolute atomic E-state index is 9.00. The van der Waals surface area contributed by atoms with Gasteiger partial charge in [0.05, 0.1) is 11.3 Å². The zero-order valence-electron chi connectivity index (χ0n) is 8.28. The zero-order chi connectivity index (χ0) is 10.7. The van der Waals surface area contributed by atoms with Crippen LogP contribution in [0.25, 0.3) is 0 Å². The predicted molar refractivity (Wildman–Crippen MR) is 62.1 cm³/mol. The molecule has 0 fully saturated rings. The topological polar surface area (TPSA) is 27.0 Å². The highest BCUT2D eigenvalue weighted by atomic mass is 35.5. The van der Waals surface area contributed by atoms with Gasteiger partial charge in [0.25, 0.3) is 0 Å². The molecule has 0 atom stereocenters. The third-order valence-corrected chi connectivity index (χ3v) is 2.71. The number of halogens is 1. The van der Waals surface area contributed by atoms with Crippen molar-refractivity contribution in [2.24, 2.45) is 0 Å². The molecule has 0 saturated carbocycles. The molecule has 0 unspecified atom stereocenters. The van der Waals surface area contributed by atoms with Gasteiger partial charge in [-0.15, -0.1) is 0 Å². The Morgan fingerprint density at radius 1 is 1.33 bits per heavy atom. The van der Waals surface area contributed by atoms with Gasteiger partial charge in [0.15, 0.2) is 0 Å². The summed E-state index contributed by atoms with van der Waals surface area (Å²) < 4.78 is 0. The first-order valence-corrected chi connectivity index (χ1v) is 5.28. The Balaban J connectivity index is 2.37. The first kappa shape index (κ1) is 10.1. The van der Waals surface area contributed by atoms with Crippen molar-refractivity contribution in [2.75, 3.05) is 18.0 Å². The second kappa shape index (κ2) is 4.37. The molecule has 0 spiro atoms. The Hall–Kier alpha value is -1.46. The molecule has 1 aliphatic rings. The minimum atomic E-state index is 0.679. The van der Waals surface area contributed by atoms with Gasteiger partial charge in [-0.05, 0) is 24.6 Å². The molecule has 0 aliphatic carbocycles. The normalized spacial score (nSPS) is 15.1. The first-order chi connectivity index (χ1) is 7.31. The van der Waals surface area contributed by atoms with Crippen LogP contribution < -0.4 is 4.90 Å². The van der Waals surface area contributed by atoms with Gasteiger partial charge in [-0.25, -0.2) is 0 Å². The highest BCUT2D eigenvalue weighted by Crippen LogP contribution is 2.25. The minimum Gasteiger partial charge on any atom is -0.366 e. The van der Waals surface area contributed by atoms with Crippen molar-refractivity contribution in [3.05, 3.63) is 40.9 Å². The quantitative estimate of drug-likeness (QED) is 0.678. The number of nitrogens with zero attached hydrogens (tertiary/aromatic N) is 2. The lowest BCUT2D eigenvalue weighted by atomic mass is 10.1. The standard InChI is InChI=1S/C12H11ClN2/c13-11-5-4-10(9-14)12(8-11)15-6-2-1-3-7-15/h1-2,4-5,8H,3,6-7H2. The third-order valence-electron chi connectivity index (χ3n) is 2.48. The van der Waals surface area contributed by atoms with Crippen LogP contribution in [0.2, 0.25) is 5.02 Å². The highest BCUT2D eigenvalue weighted by Gasteiger charge is 2.12. The molecule has 2 rings (SSSR count). The molecule has 76 valence electrons. The number of rotatable bonds is 1. The summed E-state index contributed by atoms with van der Waals surface area (Å²) in [7, 11) is 0. The molecular formula is C12H11ClN2. The van der Waals surface area contributed by atoms with E-state index in [1.807, 2.05) is 6.07 Å². The van der Waals surface area contributed by atoms with E-state index in [2.05, 4.69) is 23.1 Å². The van der Waals surface area contributed by atoms with Crippen LogP contribution in [-0.2, 0) is 0 Å². The predicted octanol–water partition coefficient (Wildman–Crippen LogP) is 2.98. The van der Waals surface area contributed by atoms with Crippen molar-refractivity contribution in [3.63, 3.8) is 0 Å². The molecule has 0 amide bonds. The lowest BCUT2D eigenvalue weighted by Crippen LogP contribution is -2.27. The van der Waals surface area contributed by atoms with Gasteiger partial charge in [0, 0.05) is 18.1 Å². The Morgan fingerprint density at radius 3 is 2.87 bits per heavy atom. The third kappa shape index (κ3) is 2.14. The maximum Gasteiger partial charge on any atom is 0.101 e. The molecule has 1 aromatic rings. The van der Waals surface area contributed by atoms with E-state index >= 15 is 0 Å². The molecule has 0 saturated heterocycles. The van der Waals surface area contributed by atoms with Gasteiger partial charge in [-0.1, -0.05) is 23.8 Å². The van der Waals surface area contributed by atoms with E-state index in [1.54, 1.807) is 12.1 Å². The molecule has 0 radical (unpaired) electrons. The summed E-state index contributed by atoms with van der Waals surface area (Å²) in [6.07, 6.45) is 5.30. The van der Waals surface area contributed by atoms with E-state index in [1.165, 1.54) is 0 Å².